The summed E-state index contributed by atoms with van der Waals surface area (Å²) < 4.78 is 109. The maximum absolute atomic E-state index is 13.5. The molecule has 0 bridgehead atoms. The van der Waals surface area contributed by atoms with Gasteiger partial charge in [-0.2, -0.15) is 26.3 Å². The zero-order chi connectivity index (χ0) is 37.1. The number of aromatic nitrogens is 1. The number of benzene rings is 4. The highest BCUT2D eigenvalue weighted by atomic mass is 32.2. The van der Waals surface area contributed by atoms with Crippen LogP contribution in [0.25, 0.3) is 22.5 Å². The van der Waals surface area contributed by atoms with Crippen molar-refractivity contribution in [3.8, 4) is 22.5 Å². The van der Waals surface area contributed by atoms with E-state index in [1.54, 1.807) is 36.4 Å². The zero-order valence-electron chi connectivity index (χ0n) is 27.7. The number of alkyl halides is 6. The smallest absolute Gasteiger partial charge is 0.416 e. The molecule has 5 rings (SSSR count). The van der Waals surface area contributed by atoms with Crippen molar-refractivity contribution in [3.63, 3.8) is 0 Å². The largest absolute Gasteiger partial charge is 0.772 e. The van der Waals surface area contributed by atoms with Crippen LogP contribution in [0.5, 0.6) is 0 Å². The first kappa shape index (κ1) is 37.5. The molecule has 2 unspecified atom stereocenters. The molecular weight excluding hydrogens is 694 g/mol. The van der Waals surface area contributed by atoms with E-state index in [0.717, 1.165) is 16.7 Å². The quantitative estimate of drug-likeness (QED) is 0.114. The molecule has 4 aromatic carbocycles. The molecule has 51 heavy (non-hydrogen) atoms. The van der Waals surface area contributed by atoms with Gasteiger partial charge in [-0.1, -0.05) is 91.6 Å². The van der Waals surface area contributed by atoms with Crippen molar-refractivity contribution >= 4 is 17.0 Å². The minimum Gasteiger partial charge on any atom is -0.772 e. The summed E-state index contributed by atoms with van der Waals surface area (Å²) in [5, 5.41) is 6.89. The Morgan fingerprint density at radius 1 is 0.784 bits per heavy atom. The monoisotopic (exact) mass is 727 g/mol. The molecule has 0 aliphatic carbocycles. The van der Waals surface area contributed by atoms with Gasteiger partial charge in [0.1, 0.15) is 0 Å². The zero-order valence-corrected chi connectivity index (χ0v) is 28.5. The van der Waals surface area contributed by atoms with E-state index in [1.165, 1.54) is 18.2 Å². The van der Waals surface area contributed by atoms with Crippen LogP contribution < -0.4 is 5.32 Å². The summed E-state index contributed by atoms with van der Waals surface area (Å²) in [6, 6.07) is 24.0. The second-order valence-electron chi connectivity index (χ2n) is 13.1. The van der Waals surface area contributed by atoms with Crippen LogP contribution in [0.3, 0.4) is 0 Å². The Morgan fingerprint density at radius 2 is 1.39 bits per heavy atom. The van der Waals surface area contributed by atoms with E-state index >= 15 is 0 Å². The topological polar surface area (TPSA) is 95.3 Å². The van der Waals surface area contributed by atoms with E-state index in [1.807, 2.05) is 24.3 Å². The lowest BCUT2D eigenvalue weighted by Crippen LogP contribution is -2.27. The predicted octanol–water partition coefficient (Wildman–Crippen LogP) is 9.33. The second-order valence-corrected chi connectivity index (χ2v) is 14.1. The summed E-state index contributed by atoms with van der Waals surface area (Å²) in [6.07, 6.45) is -9.54. The molecular formula is C38H33F6N2O4S-. The van der Waals surface area contributed by atoms with E-state index in [4.69, 9.17) is 4.52 Å². The highest BCUT2D eigenvalue weighted by Crippen LogP contribution is 2.40. The van der Waals surface area contributed by atoms with Gasteiger partial charge in [-0.05, 0) is 76.1 Å². The third-order valence-electron chi connectivity index (χ3n) is 8.34. The van der Waals surface area contributed by atoms with Crippen molar-refractivity contribution in [2.24, 2.45) is 0 Å². The molecule has 0 saturated heterocycles. The number of nitrogens with one attached hydrogen (secondary N) is 1. The molecule has 1 aromatic heterocycles. The van der Waals surface area contributed by atoms with E-state index in [9.17, 15) is 39.9 Å². The third-order valence-corrected chi connectivity index (χ3v) is 8.88. The minimum absolute atomic E-state index is 0.0186. The van der Waals surface area contributed by atoms with Gasteiger partial charge in [0.25, 0.3) is 5.91 Å². The van der Waals surface area contributed by atoms with Crippen molar-refractivity contribution in [1.29, 1.82) is 0 Å². The van der Waals surface area contributed by atoms with Crippen LogP contribution in [0, 0.1) is 0 Å². The second kappa shape index (κ2) is 14.8. The van der Waals surface area contributed by atoms with Gasteiger partial charge in [-0.25, -0.2) is 0 Å². The molecule has 1 N–H and O–H groups in total. The number of halogens is 6. The first-order chi connectivity index (χ1) is 23.9. The van der Waals surface area contributed by atoms with E-state index in [0.29, 0.717) is 35.4 Å². The van der Waals surface area contributed by atoms with Gasteiger partial charge >= 0.3 is 12.4 Å². The highest BCUT2D eigenvalue weighted by molar-refractivity contribution is 7.79. The fourth-order valence-corrected chi connectivity index (χ4v) is 5.82. The van der Waals surface area contributed by atoms with Crippen LogP contribution in [-0.4, -0.2) is 32.1 Å². The lowest BCUT2D eigenvalue weighted by Gasteiger charge is -2.21. The number of carbonyl (C=O) groups excluding carboxylic acids is 1. The van der Waals surface area contributed by atoms with Gasteiger partial charge in [0, 0.05) is 35.4 Å². The summed E-state index contributed by atoms with van der Waals surface area (Å²) in [5.41, 5.74) is 1.11. The number of nitrogens with zero attached hydrogens (tertiary/aromatic N) is 1. The number of hydrogen-bond acceptors (Lipinski definition) is 5. The summed E-state index contributed by atoms with van der Waals surface area (Å²) in [5.74, 6) is -0.695. The maximum Gasteiger partial charge on any atom is 0.416 e. The van der Waals surface area contributed by atoms with Crippen LogP contribution in [0.4, 0.5) is 26.3 Å². The fourth-order valence-electron chi connectivity index (χ4n) is 5.55. The average Bonchev–Trinajstić information content (AvgIpc) is 3.56. The molecule has 268 valence electrons. The molecule has 0 fully saturated rings. The van der Waals surface area contributed by atoms with Gasteiger partial charge < -0.3 is 14.4 Å². The number of rotatable bonds is 10. The normalized spacial score (nSPS) is 13.5. The Morgan fingerprint density at radius 3 is 1.96 bits per heavy atom. The fraction of sp³-hybridized carbons (Fsp3) is 0.263. The van der Waals surface area contributed by atoms with E-state index in [-0.39, 0.29) is 46.6 Å². The van der Waals surface area contributed by atoms with Crippen molar-refractivity contribution < 1.29 is 44.4 Å². The summed E-state index contributed by atoms with van der Waals surface area (Å²) in [7, 11) is 0. The molecule has 0 saturated carbocycles. The highest BCUT2D eigenvalue weighted by Gasteiger charge is 2.37. The number of amides is 1. The van der Waals surface area contributed by atoms with Crippen molar-refractivity contribution in [3.05, 3.63) is 136 Å². The number of carbonyl (C=O) groups is 1. The molecule has 5 aromatic rings. The molecule has 0 spiro atoms. The predicted molar refractivity (Wildman–Crippen MR) is 181 cm³/mol. The Hall–Kier alpha value is -4.75. The molecule has 13 heteroatoms. The molecule has 1 heterocycles. The van der Waals surface area contributed by atoms with Crippen molar-refractivity contribution in [2.75, 3.05) is 12.3 Å². The Bertz CT molecular complexity index is 1980. The van der Waals surface area contributed by atoms with Gasteiger partial charge in [-0.3, -0.25) is 9.00 Å². The minimum atomic E-state index is -4.98. The standard InChI is InChI=1S/C38H34F6N2O4S/c1-36(2,3)29-13-11-24(12-14-29)32(17-23-7-9-25(10-8-23)35(47)45-15-16-51(48)49)33-22-34(50-46-33)27-6-4-5-26(18-27)28-19-30(37(39,40)41)21-31(20-28)38(42,43)44/h4-14,18-22,32H,15-17H2,1-3H3,(H,45,47)(H,48,49)/p-1. The van der Waals surface area contributed by atoms with Gasteiger partial charge in [0.2, 0.25) is 0 Å². The van der Waals surface area contributed by atoms with Gasteiger partial charge in [-0.15, -0.1) is 0 Å². The van der Waals surface area contributed by atoms with Gasteiger partial charge in [0.15, 0.2) is 5.76 Å². The summed E-state index contributed by atoms with van der Waals surface area (Å²) >= 11 is -2.27. The summed E-state index contributed by atoms with van der Waals surface area (Å²) in [6.45, 7) is 6.27. The first-order valence-corrected chi connectivity index (χ1v) is 17.0. The lowest BCUT2D eigenvalue weighted by molar-refractivity contribution is -0.143. The van der Waals surface area contributed by atoms with Crippen LogP contribution in [0.1, 0.15) is 70.6 Å². The van der Waals surface area contributed by atoms with Crippen LogP contribution in [0.2, 0.25) is 0 Å². The third kappa shape index (κ3) is 9.53. The SMILES string of the molecule is CC(C)(C)c1ccc(C(Cc2ccc(C(=O)NCCS(=O)[O-])cc2)c2cc(-c3cccc(-c4cc(C(F)(F)F)cc(C(F)(F)F)c4)c3)on2)cc1. The summed E-state index contributed by atoms with van der Waals surface area (Å²) in [4.78, 5) is 12.5. The molecule has 0 aliphatic rings. The van der Waals surface area contributed by atoms with Crippen LogP contribution >= 0.6 is 0 Å². The van der Waals surface area contributed by atoms with E-state index in [2.05, 4.69) is 31.2 Å². The lowest BCUT2D eigenvalue weighted by atomic mass is 9.83. The molecule has 0 aliphatic heterocycles. The molecule has 0 radical (unpaired) electrons. The molecule has 2 atom stereocenters. The van der Waals surface area contributed by atoms with Gasteiger partial charge in [0.05, 0.1) is 16.8 Å². The first-order valence-electron chi connectivity index (χ1n) is 15.8. The molecule has 1 amide bonds. The number of hydrogen-bond donors (Lipinski definition) is 1. The molecule has 6 nitrogen and oxygen atoms in total. The Balaban J connectivity index is 1.47. The average molecular weight is 728 g/mol. The van der Waals surface area contributed by atoms with Crippen molar-refractivity contribution in [2.45, 2.75) is 50.9 Å². The van der Waals surface area contributed by atoms with Crippen LogP contribution in [-0.2, 0) is 35.3 Å². The Kier molecular flexibility index (Phi) is 10.9. The maximum atomic E-state index is 13.5. The Labute approximate surface area is 293 Å². The van der Waals surface area contributed by atoms with E-state index < -0.39 is 40.5 Å². The van der Waals surface area contributed by atoms with Crippen molar-refractivity contribution in [1.82, 2.24) is 10.5 Å². The van der Waals surface area contributed by atoms with Crippen LogP contribution in [0.15, 0.2) is 102 Å².